The zero-order valence-electron chi connectivity index (χ0n) is 61.4. The van der Waals surface area contributed by atoms with Crippen molar-refractivity contribution in [2.45, 2.75) is 0 Å². The number of ketones is 2. The van der Waals surface area contributed by atoms with Crippen molar-refractivity contribution in [2.24, 2.45) is 0 Å². The van der Waals surface area contributed by atoms with Crippen LogP contribution in [0, 0.1) is 0 Å². The number of benzene rings is 17. The van der Waals surface area contributed by atoms with Gasteiger partial charge in [-0.3, -0.25) is 9.59 Å². The lowest BCUT2D eigenvalue weighted by Crippen LogP contribution is -2.15. The first kappa shape index (κ1) is 65.6. The third-order valence-corrected chi connectivity index (χ3v) is 22.6. The number of para-hydroxylation sites is 14. The molecule has 0 saturated heterocycles. The lowest BCUT2D eigenvalue weighted by Gasteiger charge is -2.32. The molecule has 2 aliphatic rings. The minimum absolute atomic E-state index is 0.0172. The van der Waals surface area contributed by atoms with Gasteiger partial charge in [0.15, 0.2) is 34.6 Å². The maximum Gasteiger partial charge on any atom is 0.193 e. The van der Waals surface area contributed by atoms with Crippen molar-refractivity contribution in [1.82, 2.24) is 18.3 Å². The minimum Gasteiger partial charge on any atom is -0.453 e. The maximum absolute atomic E-state index is 14.2. The van der Waals surface area contributed by atoms with Crippen molar-refractivity contribution in [2.75, 3.05) is 9.80 Å². The van der Waals surface area contributed by atoms with E-state index in [2.05, 4.69) is 295 Å². The molecule has 2 aliphatic heterocycles. The van der Waals surface area contributed by atoms with Crippen molar-refractivity contribution in [3.8, 4) is 56.9 Å². The van der Waals surface area contributed by atoms with Crippen molar-refractivity contribution in [3.05, 3.63) is 423 Å². The van der Waals surface area contributed by atoms with E-state index in [1.165, 1.54) is 43.6 Å². The second-order valence-electron chi connectivity index (χ2n) is 29.0. The number of hydrogen-bond donors (Lipinski definition) is 0. The van der Waals surface area contributed by atoms with Crippen LogP contribution in [0.2, 0.25) is 0 Å². The van der Waals surface area contributed by atoms with Gasteiger partial charge in [0.2, 0.25) is 0 Å². The van der Waals surface area contributed by atoms with Gasteiger partial charge in [0.25, 0.3) is 0 Å². The van der Waals surface area contributed by atoms with E-state index < -0.39 is 0 Å². The summed E-state index contributed by atoms with van der Waals surface area (Å²) in [6.45, 7) is 0. The van der Waals surface area contributed by atoms with E-state index >= 15 is 0 Å². The normalized spacial score (nSPS) is 12.2. The molecule has 0 fully saturated rings. The third-order valence-electron chi connectivity index (χ3n) is 22.6. The van der Waals surface area contributed by atoms with Gasteiger partial charge in [0, 0.05) is 99.5 Å². The highest BCUT2D eigenvalue weighted by Crippen LogP contribution is 2.52. The Morgan fingerprint density at radius 2 is 0.430 bits per heavy atom. The average molecular weight is 1460 g/mol. The Morgan fingerprint density at radius 3 is 0.746 bits per heavy atom. The summed E-state index contributed by atoms with van der Waals surface area (Å²) in [5.41, 5.74) is 23.9. The molecule has 21 aromatic rings. The molecule has 114 heavy (non-hydrogen) atoms. The van der Waals surface area contributed by atoms with E-state index in [1.807, 2.05) is 133 Å². The highest BCUT2D eigenvalue weighted by atomic mass is 16.5. The van der Waals surface area contributed by atoms with Gasteiger partial charge in [0.05, 0.1) is 66.9 Å². The van der Waals surface area contributed by atoms with Crippen LogP contribution in [0.25, 0.3) is 121 Å². The average Bonchev–Trinajstić information content (AvgIpc) is 1.47. The molecule has 10 nitrogen and oxygen atoms in total. The second kappa shape index (κ2) is 26.7. The van der Waals surface area contributed by atoms with Gasteiger partial charge in [-0.1, -0.05) is 188 Å². The zero-order chi connectivity index (χ0) is 75.5. The quantitative estimate of drug-likeness (QED) is 0.120. The van der Waals surface area contributed by atoms with E-state index in [0.29, 0.717) is 22.3 Å². The number of anilines is 6. The van der Waals surface area contributed by atoms with Crippen molar-refractivity contribution in [3.63, 3.8) is 0 Å². The monoisotopic (exact) mass is 1460 g/mol. The number of nitrogens with zero attached hydrogens (tertiary/aromatic N) is 6. The summed E-state index contributed by atoms with van der Waals surface area (Å²) in [7, 11) is 0. The van der Waals surface area contributed by atoms with Crippen molar-refractivity contribution in [1.29, 1.82) is 0 Å². The van der Waals surface area contributed by atoms with E-state index in [9.17, 15) is 9.59 Å². The maximum atomic E-state index is 14.2. The fourth-order valence-electron chi connectivity index (χ4n) is 17.4. The molecule has 0 saturated carbocycles. The molecule has 4 aromatic heterocycles. The summed E-state index contributed by atoms with van der Waals surface area (Å²) < 4.78 is 21.7. The highest BCUT2D eigenvalue weighted by molar-refractivity contribution is 6.18. The number of aromatic nitrogens is 4. The van der Waals surface area contributed by atoms with Gasteiger partial charge in [-0.05, 0) is 223 Å². The first-order valence-corrected chi connectivity index (χ1v) is 38.4. The summed E-state index contributed by atoms with van der Waals surface area (Å²) in [5.74, 6) is 3.13. The van der Waals surface area contributed by atoms with Crippen molar-refractivity contribution < 1.29 is 19.1 Å². The van der Waals surface area contributed by atoms with Gasteiger partial charge >= 0.3 is 0 Å². The Balaban J connectivity index is 0.000000140. The van der Waals surface area contributed by atoms with E-state index in [-0.39, 0.29) is 11.6 Å². The SMILES string of the molecule is O=C(c1ccc(N2c3ccccc3Oc3ccccc32)cc1)c1ccc2c(c1)c1ccccc1n2-c1cccc(-c2cccc(-n3c4ccccc4c4ccccc43)c2)c1.O=C(c1ccc(N2c3ccccc3Oc3ccccc32)cc1)c1ccc2c(c1)c1ccccc1n2-c1cccc(-n2c3ccccc3c3ccccc32)c1. The predicted octanol–water partition coefficient (Wildman–Crippen LogP) is 27.0. The van der Waals surface area contributed by atoms with Crippen LogP contribution in [-0.2, 0) is 0 Å². The first-order valence-electron chi connectivity index (χ1n) is 38.4. The van der Waals surface area contributed by atoms with Crippen LogP contribution in [0.1, 0.15) is 31.8 Å². The van der Waals surface area contributed by atoms with Gasteiger partial charge < -0.3 is 37.5 Å². The Morgan fingerprint density at radius 1 is 0.184 bits per heavy atom. The van der Waals surface area contributed by atoms with E-state index in [0.717, 1.165) is 135 Å². The summed E-state index contributed by atoms with van der Waals surface area (Å²) in [5, 5.41) is 9.24. The molecule has 0 amide bonds. The number of ether oxygens (including phenoxy) is 2. The highest BCUT2D eigenvalue weighted by Gasteiger charge is 2.29. The number of carbonyl (C=O) groups is 2. The Bertz CT molecular complexity index is 7310. The molecular formula is C104H66N6O4. The summed E-state index contributed by atoms with van der Waals surface area (Å²) in [4.78, 5) is 32.7. The van der Waals surface area contributed by atoms with Gasteiger partial charge in [0.1, 0.15) is 0 Å². The summed E-state index contributed by atoms with van der Waals surface area (Å²) >= 11 is 0. The van der Waals surface area contributed by atoms with Gasteiger partial charge in [-0.15, -0.1) is 0 Å². The molecule has 0 unspecified atom stereocenters. The summed E-state index contributed by atoms with van der Waals surface area (Å²) in [6, 6.07) is 138. The minimum atomic E-state index is -0.0202. The zero-order valence-corrected chi connectivity index (χ0v) is 61.4. The van der Waals surface area contributed by atoms with Gasteiger partial charge in [-0.25, -0.2) is 0 Å². The standard InChI is InChI=1S/C55H35N3O2.C49H31N3O2/c59-55(36-27-30-40(31-28-36)56-51-23-7-9-25-53(51)60-54-26-10-8-24-52(54)56)39-29-32-50-46(35-39)45-19-3-6-22-49(45)58(50)42-16-12-14-38(34-42)37-13-11-15-41(33-37)57-47-20-4-1-17-43(47)44-18-2-5-21-48(44)57;53-49(32-24-27-34(28-25-32)50-45-20-7-9-22-47(45)54-48-23-10-8-21-46(48)50)33-26-29-44-40(30-33)39-16-3-6-19-43(39)52(44)36-13-11-12-35(31-36)51-41-17-4-1-14-37(41)38-15-2-5-18-42(38)51/h1-35H;1-31H. The number of fused-ring (bicyclic) bond motifs is 16. The molecule has 0 aliphatic carbocycles. The third kappa shape index (κ3) is 10.7. The molecule has 17 aromatic carbocycles. The predicted molar refractivity (Wildman–Crippen MR) is 465 cm³/mol. The fourth-order valence-corrected chi connectivity index (χ4v) is 17.4. The van der Waals surface area contributed by atoms with Crippen LogP contribution in [0.3, 0.4) is 0 Å². The summed E-state index contributed by atoms with van der Waals surface area (Å²) in [6.07, 6.45) is 0. The van der Waals surface area contributed by atoms with Crippen molar-refractivity contribution >= 4 is 133 Å². The van der Waals surface area contributed by atoms with Crippen LogP contribution in [0.15, 0.2) is 400 Å². The lowest BCUT2D eigenvalue weighted by molar-refractivity contribution is 0.103. The molecule has 0 spiro atoms. The number of rotatable bonds is 11. The molecule has 0 radical (unpaired) electrons. The number of carbonyl (C=O) groups excluding carboxylic acids is 2. The van der Waals surface area contributed by atoms with Crippen LogP contribution >= 0.6 is 0 Å². The lowest BCUT2D eigenvalue weighted by atomic mass is 10.0. The molecule has 0 bridgehead atoms. The van der Waals surface area contributed by atoms with Crippen LogP contribution in [-0.4, -0.2) is 29.8 Å². The first-order chi connectivity index (χ1) is 56.4. The molecule has 0 N–H and O–H groups in total. The van der Waals surface area contributed by atoms with Crippen LogP contribution in [0.5, 0.6) is 23.0 Å². The molecule has 23 rings (SSSR count). The Hall–Kier alpha value is -15.5. The molecule has 10 heteroatoms. The van der Waals surface area contributed by atoms with E-state index in [4.69, 9.17) is 9.47 Å². The Kier molecular flexibility index (Phi) is 15.3. The van der Waals surface area contributed by atoms with Gasteiger partial charge in [-0.2, -0.15) is 0 Å². The fraction of sp³-hybridized carbons (Fsp3) is 0. The second-order valence-corrected chi connectivity index (χ2v) is 29.0. The molecular weight excluding hydrogens is 1400 g/mol. The Labute approximate surface area is 655 Å². The topological polar surface area (TPSA) is 78.8 Å². The van der Waals surface area contributed by atoms with E-state index in [1.54, 1.807) is 0 Å². The number of hydrogen-bond acceptors (Lipinski definition) is 6. The van der Waals surface area contributed by atoms with Crippen LogP contribution < -0.4 is 19.3 Å². The largest absolute Gasteiger partial charge is 0.453 e. The van der Waals surface area contributed by atoms with Crippen LogP contribution in [0.4, 0.5) is 34.1 Å². The molecule has 536 valence electrons. The molecule has 0 atom stereocenters. The smallest absolute Gasteiger partial charge is 0.193 e. The molecule has 6 heterocycles.